The van der Waals surface area contributed by atoms with Gasteiger partial charge in [0.05, 0.1) is 0 Å². The van der Waals surface area contributed by atoms with Crippen LogP contribution in [0, 0.1) is 5.92 Å². The monoisotopic (exact) mass is 290 g/mol. The molecule has 1 saturated carbocycles. The van der Waals surface area contributed by atoms with Crippen LogP contribution in [-0.4, -0.2) is 12.1 Å². The molecule has 1 aliphatic carbocycles. The van der Waals surface area contributed by atoms with Gasteiger partial charge in [0.15, 0.2) is 0 Å². The Kier molecular flexibility index (Phi) is 3.19. The Morgan fingerprint density at radius 3 is 2.59 bits per heavy atom. The largest absolute Gasteiger partial charge is 0.368 e. The highest BCUT2D eigenvalue weighted by Gasteiger charge is 2.30. The molecule has 0 saturated heterocycles. The topological polar surface area (TPSA) is 41.1 Å². The summed E-state index contributed by atoms with van der Waals surface area (Å²) in [6.07, 6.45) is 6.01. The molecular weight excluding hydrogens is 272 g/mol. The first-order chi connectivity index (χ1) is 10.8. The molecule has 2 N–H and O–H groups in total. The van der Waals surface area contributed by atoms with Crippen LogP contribution in [0.1, 0.15) is 12.8 Å². The highest BCUT2D eigenvalue weighted by Crippen LogP contribution is 2.28. The molecule has 1 heterocycles. The fourth-order valence-corrected chi connectivity index (χ4v) is 2.77. The van der Waals surface area contributed by atoms with E-state index in [9.17, 15) is 4.79 Å². The van der Waals surface area contributed by atoms with Crippen molar-refractivity contribution < 1.29 is 4.79 Å². The summed E-state index contributed by atoms with van der Waals surface area (Å²) >= 11 is 0. The molecule has 1 atom stereocenters. The zero-order chi connectivity index (χ0) is 14.9. The van der Waals surface area contributed by atoms with Crippen molar-refractivity contribution in [2.45, 2.75) is 19.0 Å². The molecule has 0 spiro atoms. The third kappa shape index (κ3) is 2.62. The smallest absolute Gasteiger partial charge is 0.224 e. The molecule has 4 rings (SSSR count). The highest BCUT2D eigenvalue weighted by atomic mass is 16.2. The third-order valence-electron chi connectivity index (χ3n) is 4.20. The van der Waals surface area contributed by atoms with Gasteiger partial charge in [-0.15, -0.1) is 0 Å². The third-order valence-corrected chi connectivity index (χ3v) is 4.20. The van der Waals surface area contributed by atoms with E-state index in [1.807, 2.05) is 24.4 Å². The second kappa shape index (κ2) is 5.34. The Hall–Kier alpha value is -2.55. The fraction of sp³-hybridized carbons (Fsp3) is 0.211. The van der Waals surface area contributed by atoms with Crippen molar-refractivity contribution in [2.75, 3.05) is 0 Å². The summed E-state index contributed by atoms with van der Waals surface area (Å²) in [7, 11) is 0. The molecule has 1 unspecified atom stereocenters. The number of amides is 1. The van der Waals surface area contributed by atoms with E-state index in [0.717, 1.165) is 23.3 Å². The van der Waals surface area contributed by atoms with Crippen LogP contribution < -0.4 is 21.1 Å². The van der Waals surface area contributed by atoms with E-state index in [1.54, 1.807) is 0 Å². The molecule has 2 aromatic rings. The van der Waals surface area contributed by atoms with Crippen molar-refractivity contribution in [3.8, 4) is 11.1 Å². The van der Waals surface area contributed by atoms with Crippen molar-refractivity contribution in [3.63, 3.8) is 0 Å². The lowest BCUT2D eigenvalue weighted by Crippen LogP contribution is -2.48. The van der Waals surface area contributed by atoms with E-state index < -0.39 is 0 Å². The van der Waals surface area contributed by atoms with E-state index in [4.69, 9.17) is 0 Å². The Bertz CT molecular complexity index is 822. The van der Waals surface area contributed by atoms with E-state index in [0.29, 0.717) is 0 Å². The molecule has 1 fully saturated rings. The van der Waals surface area contributed by atoms with Gasteiger partial charge in [-0.2, -0.15) is 0 Å². The molecule has 1 aliphatic heterocycles. The van der Waals surface area contributed by atoms with Crippen LogP contribution in [0.4, 0.5) is 0 Å². The number of carbonyl (C=O) groups is 1. The summed E-state index contributed by atoms with van der Waals surface area (Å²) in [5, 5.41) is 8.59. The van der Waals surface area contributed by atoms with Crippen molar-refractivity contribution in [2.24, 2.45) is 5.92 Å². The predicted molar refractivity (Wildman–Crippen MR) is 87.8 cm³/mol. The SMILES string of the molecule is O=C(NC1C=c2ccc(-c3ccccc3)cc2=CN1)C1CC1. The molecule has 0 radical (unpaired) electrons. The molecule has 22 heavy (non-hydrogen) atoms. The van der Waals surface area contributed by atoms with E-state index in [1.165, 1.54) is 11.1 Å². The van der Waals surface area contributed by atoms with Crippen LogP contribution in [0.3, 0.4) is 0 Å². The zero-order valence-electron chi connectivity index (χ0n) is 12.3. The van der Waals surface area contributed by atoms with Gasteiger partial charge in [0.25, 0.3) is 0 Å². The standard InChI is InChI=1S/C19H18N2O/c22-19(14-6-7-14)21-18-11-16-9-8-15(10-17(16)12-20-18)13-4-2-1-3-5-13/h1-5,8-12,14,18,20H,6-7H2,(H,21,22). The second-order valence-electron chi connectivity index (χ2n) is 5.95. The minimum atomic E-state index is -0.108. The lowest BCUT2D eigenvalue weighted by atomic mass is 10.0. The molecule has 3 nitrogen and oxygen atoms in total. The summed E-state index contributed by atoms with van der Waals surface area (Å²) in [5.41, 5.74) is 2.41. The fourth-order valence-electron chi connectivity index (χ4n) is 2.77. The number of carbonyl (C=O) groups excluding carboxylic acids is 1. The van der Waals surface area contributed by atoms with E-state index in [-0.39, 0.29) is 18.0 Å². The number of hydrogen-bond donors (Lipinski definition) is 2. The lowest BCUT2D eigenvalue weighted by Gasteiger charge is -2.18. The molecule has 3 heteroatoms. The summed E-state index contributed by atoms with van der Waals surface area (Å²) in [6.45, 7) is 0. The van der Waals surface area contributed by atoms with E-state index in [2.05, 4.69) is 47.0 Å². The van der Waals surface area contributed by atoms with Crippen LogP contribution in [0.5, 0.6) is 0 Å². The normalized spacial score (nSPS) is 19.2. The Morgan fingerprint density at radius 2 is 1.82 bits per heavy atom. The summed E-state index contributed by atoms with van der Waals surface area (Å²) < 4.78 is 0. The number of fused-ring (bicyclic) bond motifs is 1. The van der Waals surface area contributed by atoms with Gasteiger partial charge in [-0.3, -0.25) is 4.79 Å². The first-order valence-electron chi connectivity index (χ1n) is 7.73. The molecule has 0 aromatic heterocycles. The van der Waals surface area contributed by atoms with Gasteiger partial charge >= 0.3 is 0 Å². The van der Waals surface area contributed by atoms with Gasteiger partial charge < -0.3 is 10.6 Å². The number of benzene rings is 2. The zero-order valence-corrected chi connectivity index (χ0v) is 12.3. The minimum absolute atomic E-state index is 0.108. The van der Waals surface area contributed by atoms with Gasteiger partial charge in [-0.25, -0.2) is 0 Å². The van der Waals surface area contributed by atoms with Crippen LogP contribution in [0.2, 0.25) is 0 Å². The molecule has 0 bridgehead atoms. The molecule has 110 valence electrons. The molecule has 1 amide bonds. The van der Waals surface area contributed by atoms with Crippen molar-refractivity contribution in [1.29, 1.82) is 0 Å². The Labute approximate surface area is 129 Å². The molecule has 2 aromatic carbocycles. The molecule has 2 aliphatic rings. The van der Waals surface area contributed by atoms with Crippen molar-refractivity contribution in [1.82, 2.24) is 10.6 Å². The van der Waals surface area contributed by atoms with Crippen LogP contribution in [0.25, 0.3) is 23.4 Å². The Morgan fingerprint density at radius 1 is 1.00 bits per heavy atom. The quantitative estimate of drug-likeness (QED) is 0.895. The van der Waals surface area contributed by atoms with Crippen molar-refractivity contribution >= 4 is 18.2 Å². The van der Waals surface area contributed by atoms with Gasteiger partial charge in [-0.1, -0.05) is 42.5 Å². The van der Waals surface area contributed by atoms with Gasteiger partial charge in [0, 0.05) is 12.1 Å². The first kappa shape index (κ1) is 13.1. The maximum atomic E-state index is 11.8. The van der Waals surface area contributed by atoms with Gasteiger partial charge in [0.1, 0.15) is 6.17 Å². The summed E-state index contributed by atoms with van der Waals surface area (Å²) in [5.74, 6) is 0.392. The second-order valence-corrected chi connectivity index (χ2v) is 5.95. The maximum absolute atomic E-state index is 11.8. The average molecular weight is 290 g/mol. The number of nitrogens with one attached hydrogen (secondary N) is 2. The Balaban J connectivity index is 1.61. The van der Waals surface area contributed by atoms with Gasteiger partial charge in [0.2, 0.25) is 5.91 Å². The van der Waals surface area contributed by atoms with Crippen LogP contribution in [-0.2, 0) is 4.79 Å². The first-order valence-corrected chi connectivity index (χ1v) is 7.73. The molecular formula is C19H18N2O. The number of rotatable bonds is 3. The highest BCUT2D eigenvalue weighted by molar-refractivity contribution is 5.82. The predicted octanol–water partition coefficient (Wildman–Crippen LogP) is 1.33. The van der Waals surface area contributed by atoms with Crippen molar-refractivity contribution in [3.05, 3.63) is 59.0 Å². The lowest BCUT2D eigenvalue weighted by molar-refractivity contribution is -0.122. The van der Waals surface area contributed by atoms with Crippen LogP contribution >= 0.6 is 0 Å². The maximum Gasteiger partial charge on any atom is 0.224 e. The average Bonchev–Trinajstić information content (AvgIpc) is 3.40. The number of hydrogen-bond acceptors (Lipinski definition) is 2. The summed E-state index contributed by atoms with van der Waals surface area (Å²) in [6, 6.07) is 16.8. The minimum Gasteiger partial charge on any atom is -0.368 e. The van der Waals surface area contributed by atoms with Gasteiger partial charge in [-0.05, 0) is 46.5 Å². The summed E-state index contributed by atoms with van der Waals surface area (Å²) in [4.78, 5) is 11.8. The van der Waals surface area contributed by atoms with Crippen LogP contribution in [0.15, 0.2) is 48.5 Å². The van der Waals surface area contributed by atoms with E-state index >= 15 is 0 Å².